The maximum atomic E-state index is 12.3. The first-order chi connectivity index (χ1) is 9.08. The van der Waals surface area contributed by atoms with Gasteiger partial charge in [-0.15, -0.1) is 23.2 Å². The van der Waals surface area contributed by atoms with E-state index in [2.05, 4.69) is 0 Å². The van der Waals surface area contributed by atoms with Crippen LogP contribution in [0, 0.1) is 11.8 Å². The lowest BCUT2D eigenvalue weighted by molar-refractivity contribution is -0.182. The highest BCUT2D eigenvalue weighted by atomic mass is 35.5. The second-order valence-corrected chi connectivity index (χ2v) is 8.01. The van der Waals surface area contributed by atoms with Crippen molar-refractivity contribution in [2.75, 3.05) is 7.11 Å². The third-order valence-electron chi connectivity index (χ3n) is 4.05. The summed E-state index contributed by atoms with van der Waals surface area (Å²) < 4.78 is -1.90. The number of allylic oxidation sites excluding steroid dienone is 2. The Balaban J connectivity index is 2.31. The molecule has 2 fully saturated rings. The number of imide groups is 1. The summed E-state index contributed by atoms with van der Waals surface area (Å²) in [5.74, 6) is -3.68. The van der Waals surface area contributed by atoms with Crippen molar-refractivity contribution in [2.24, 2.45) is 11.8 Å². The van der Waals surface area contributed by atoms with Gasteiger partial charge in [-0.1, -0.05) is 46.4 Å². The van der Waals surface area contributed by atoms with Crippen molar-refractivity contribution in [3.63, 3.8) is 0 Å². The van der Waals surface area contributed by atoms with Gasteiger partial charge in [0.2, 0.25) is 0 Å². The van der Waals surface area contributed by atoms with E-state index in [1.807, 2.05) is 0 Å². The summed E-state index contributed by atoms with van der Waals surface area (Å²) in [6, 6.07) is 0. The second kappa shape index (κ2) is 4.10. The SMILES string of the molecule is CON1C(=O)[C@@H]2[C@@H](C1=O)[C@]1(Cl)C(Cl)=C(Cl)[C@]2(Cl)C1(Cl)Cl. The van der Waals surface area contributed by atoms with Gasteiger partial charge in [0.25, 0.3) is 11.8 Å². The topological polar surface area (TPSA) is 46.6 Å². The van der Waals surface area contributed by atoms with Crippen LogP contribution in [0.4, 0.5) is 0 Å². The quantitative estimate of drug-likeness (QED) is 0.503. The van der Waals surface area contributed by atoms with E-state index < -0.39 is 37.7 Å². The standard InChI is InChI=1S/C10H5Cl6NO3/c1-20-17-6(18)2-3(7(17)19)9(14)5(12)4(11)8(2,13)10(9,15)16/h2-3H,1H3/t2-,3-,8-,9-/m0/s1. The van der Waals surface area contributed by atoms with Gasteiger partial charge < -0.3 is 0 Å². The molecule has 0 radical (unpaired) electrons. The molecule has 0 spiro atoms. The summed E-state index contributed by atoms with van der Waals surface area (Å²) in [4.78, 5) is 25.8. The number of nitrogens with zero attached hydrogens (tertiary/aromatic N) is 1. The Hall–Kier alpha value is 0.580. The minimum Gasteiger partial charge on any atom is -0.272 e. The summed E-state index contributed by atoms with van der Waals surface area (Å²) in [5.41, 5.74) is 0. The molecule has 4 nitrogen and oxygen atoms in total. The van der Waals surface area contributed by atoms with Crippen LogP contribution in [-0.2, 0) is 14.4 Å². The van der Waals surface area contributed by atoms with Crippen LogP contribution in [0.2, 0.25) is 0 Å². The van der Waals surface area contributed by atoms with Crippen molar-refractivity contribution in [3.05, 3.63) is 10.1 Å². The zero-order valence-electron chi connectivity index (χ0n) is 9.59. The molecule has 20 heavy (non-hydrogen) atoms. The number of amides is 2. The van der Waals surface area contributed by atoms with Crippen LogP contribution < -0.4 is 0 Å². The molecule has 10 heteroatoms. The fourth-order valence-electron chi connectivity index (χ4n) is 3.15. The number of carbonyl (C=O) groups excluding carboxylic acids is 2. The van der Waals surface area contributed by atoms with Crippen LogP contribution in [0.5, 0.6) is 0 Å². The van der Waals surface area contributed by atoms with Crippen molar-refractivity contribution in [1.82, 2.24) is 5.06 Å². The number of halogens is 6. The molecule has 0 N–H and O–H groups in total. The van der Waals surface area contributed by atoms with E-state index in [-0.39, 0.29) is 10.1 Å². The monoisotopic (exact) mass is 397 g/mol. The molecule has 4 atom stereocenters. The van der Waals surface area contributed by atoms with Gasteiger partial charge in [-0.05, 0) is 0 Å². The van der Waals surface area contributed by atoms with Crippen molar-refractivity contribution in [3.8, 4) is 0 Å². The Bertz CT molecular complexity index is 546. The number of hydroxylamine groups is 2. The highest BCUT2D eigenvalue weighted by molar-refractivity contribution is 6.66. The van der Waals surface area contributed by atoms with Crippen molar-refractivity contribution in [1.29, 1.82) is 0 Å². The van der Waals surface area contributed by atoms with Crippen molar-refractivity contribution >= 4 is 81.4 Å². The first-order valence-electron chi connectivity index (χ1n) is 5.32. The molecule has 1 heterocycles. The van der Waals surface area contributed by atoms with E-state index in [0.29, 0.717) is 5.06 Å². The molecule has 2 aliphatic carbocycles. The number of hydrogen-bond donors (Lipinski definition) is 0. The summed E-state index contributed by atoms with van der Waals surface area (Å²) in [6.45, 7) is 0. The van der Waals surface area contributed by atoms with Crippen LogP contribution in [0.3, 0.4) is 0 Å². The van der Waals surface area contributed by atoms with Crippen LogP contribution in [0.25, 0.3) is 0 Å². The van der Waals surface area contributed by atoms with Gasteiger partial charge in [0.05, 0.1) is 29.0 Å². The Labute approximate surface area is 143 Å². The first kappa shape index (κ1) is 15.5. The number of carbonyl (C=O) groups is 2. The molecule has 0 aromatic carbocycles. The molecular formula is C10H5Cl6NO3. The van der Waals surface area contributed by atoms with E-state index in [0.717, 1.165) is 0 Å². The third-order valence-corrected chi connectivity index (χ3v) is 8.31. The molecule has 1 saturated carbocycles. The number of hydrogen-bond acceptors (Lipinski definition) is 3. The molecule has 1 aliphatic heterocycles. The number of alkyl halides is 4. The largest absolute Gasteiger partial charge is 0.272 e. The maximum absolute atomic E-state index is 12.3. The van der Waals surface area contributed by atoms with Crippen LogP contribution in [-0.4, -0.2) is 38.1 Å². The number of fused-ring (bicyclic) bond motifs is 5. The zero-order chi connectivity index (χ0) is 15.2. The lowest BCUT2D eigenvalue weighted by Gasteiger charge is -2.34. The van der Waals surface area contributed by atoms with Crippen LogP contribution in [0.1, 0.15) is 0 Å². The predicted octanol–water partition coefficient (Wildman–Crippen LogP) is 2.99. The van der Waals surface area contributed by atoms with E-state index in [9.17, 15) is 9.59 Å². The van der Waals surface area contributed by atoms with Gasteiger partial charge in [0, 0.05) is 0 Å². The fourth-order valence-corrected chi connectivity index (χ4v) is 6.08. The lowest BCUT2D eigenvalue weighted by Crippen LogP contribution is -2.49. The predicted molar refractivity (Wildman–Crippen MR) is 76.2 cm³/mol. The third kappa shape index (κ3) is 1.22. The smallest absolute Gasteiger partial charge is 0.259 e. The molecule has 110 valence electrons. The van der Waals surface area contributed by atoms with E-state index >= 15 is 0 Å². The van der Waals surface area contributed by atoms with E-state index in [4.69, 9.17) is 74.4 Å². The average Bonchev–Trinajstić information content (AvgIpc) is 2.75. The molecule has 2 amide bonds. The summed E-state index contributed by atoms with van der Waals surface area (Å²) >= 11 is 37.5. The molecule has 0 unspecified atom stereocenters. The number of rotatable bonds is 1. The Morgan fingerprint density at radius 3 is 1.60 bits per heavy atom. The highest BCUT2D eigenvalue weighted by Gasteiger charge is 2.87. The van der Waals surface area contributed by atoms with Crippen LogP contribution in [0.15, 0.2) is 10.1 Å². The molecule has 1 saturated heterocycles. The molecular weight excluding hydrogens is 395 g/mol. The van der Waals surface area contributed by atoms with Crippen molar-refractivity contribution < 1.29 is 14.4 Å². The summed E-state index contributed by atoms with van der Waals surface area (Å²) in [7, 11) is 1.17. The minimum atomic E-state index is -1.90. The van der Waals surface area contributed by atoms with E-state index in [1.54, 1.807) is 0 Å². The lowest BCUT2D eigenvalue weighted by atomic mass is 9.84. The first-order valence-corrected chi connectivity index (χ1v) is 7.59. The Kier molecular flexibility index (Phi) is 3.18. The molecule has 0 aromatic rings. The van der Waals surface area contributed by atoms with Crippen molar-refractivity contribution in [2.45, 2.75) is 14.1 Å². The average molecular weight is 400 g/mol. The summed E-state index contributed by atoms with van der Waals surface area (Å²) in [6.07, 6.45) is 0. The minimum absolute atomic E-state index is 0.124. The highest BCUT2D eigenvalue weighted by Crippen LogP contribution is 2.77. The maximum Gasteiger partial charge on any atom is 0.259 e. The molecule has 3 aliphatic rings. The van der Waals surface area contributed by atoms with Gasteiger partial charge in [0.1, 0.15) is 9.75 Å². The molecule has 3 rings (SSSR count). The van der Waals surface area contributed by atoms with Crippen LogP contribution >= 0.6 is 69.6 Å². The normalized spacial score (nSPS) is 45.6. The molecule has 2 bridgehead atoms. The summed E-state index contributed by atoms with van der Waals surface area (Å²) in [5, 5.41) is 0.328. The van der Waals surface area contributed by atoms with Gasteiger partial charge in [-0.3, -0.25) is 14.4 Å². The van der Waals surface area contributed by atoms with Gasteiger partial charge in [0.15, 0.2) is 4.33 Å². The second-order valence-electron chi connectivity index (χ2n) is 4.73. The Morgan fingerprint density at radius 2 is 1.30 bits per heavy atom. The van der Waals surface area contributed by atoms with Gasteiger partial charge >= 0.3 is 0 Å². The zero-order valence-corrected chi connectivity index (χ0v) is 14.1. The molecule has 0 aromatic heterocycles. The van der Waals surface area contributed by atoms with E-state index in [1.165, 1.54) is 7.11 Å². The Morgan fingerprint density at radius 1 is 0.950 bits per heavy atom. The fraction of sp³-hybridized carbons (Fsp3) is 0.600. The van der Waals surface area contributed by atoms with Gasteiger partial charge in [-0.25, -0.2) is 0 Å². The van der Waals surface area contributed by atoms with Gasteiger partial charge in [-0.2, -0.15) is 5.06 Å².